The summed E-state index contributed by atoms with van der Waals surface area (Å²) in [5.41, 5.74) is 2.03. The first-order valence-corrected chi connectivity index (χ1v) is 5.92. The molecule has 18 heavy (non-hydrogen) atoms. The van der Waals surface area contributed by atoms with Gasteiger partial charge in [0.05, 0.1) is 20.3 Å². The molecule has 0 amide bonds. The second kappa shape index (κ2) is 7.74. The van der Waals surface area contributed by atoms with Crippen molar-refractivity contribution >= 4 is 0 Å². The van der Waals surface area contributed by atoms with E-state index in [9.17, 15) is 5.11 Å². The van der Waals surface area contributed by atoms with Crippen LogP contribution in [0.3, 0.4) is 0 Å². The fourth-order valence-corrected chi connectivity index (χ4v) is 1.47. The number of hydrogen-bond donors (Lipinski definition) is 2. The molecule has 0 aliphatic heterocycles. The Balaban J connectivity index is 2.23. The van der Waals surface area contributed by atoms with E-state index in [1.165, 1.54) is 7.11 Å². The standard InChI is InChI=1S/C14H21NO3/c1-11(2)10-18-7-6-15-9-12-4-5-14(17-3)13(16)8-12/h4-5,8,15-16H,1,6-7,9-10H2,2-3H3. The van der Waals surface area contributed by atoms with Crippen LogP contribution in [0.5, 0.6) is 11.5 Å². The molecule has 2 N–H and O–H groups in total. The average Bonchev–Trinajstić information content (AvgIpc) is 2.33. The zero-order chi connectivity index (χ0) is 13.4. The van der Waals surface area contributed by atoms with Gasteiger partial charge in [0.2, 0.25) is 0 Å². The minimum absolute atomic E-state index is 0.162. The quantitative estimate of drug-likeness (QED) is 0.548. The molecule has 0 bridgehead atoms. The van der Waals surface area contributed by atoms with E-state index in [1.54, 1.807) is 12.1 Å². The molecule has 0 fully saturated rings. The van der Waals surface area contributed by atoms with Gasteiger partial charge >= 0.3 is 0 Å². The van der Waals surface area contributed by atoms with Gasteiger partial charge in [-0.1, -0.05) is 18.2 Å². The summed E-state index contributed by atoms with van der Waals surface area (Å²) in [6.45, 7) is 8.40. The first kappa shape index (κ1) is 14.5. The van der Waals surface area contributed by atoms with Crippen LogP contribution in [0.25, 0.3) is 0 Å². The van der Waals surface area contributed by atoms with Crippen molar-refractivity contribution in [3.63, 3.8) is 0 Å². The molecule has 0 aliphatic rings. The molecule has 1 rings (SSSR count). The third kappa shape index (κ3) is 5.21. The maximum Gasteiger partial charge on any atom is 0.160 e. The lowest BCUT2D eigenvalue weighted by Gasteiger charge is -2.08. The normalized spacial score (nSPS) is 10.3. The van der Waals surface area contributed by atoms with E-state index in [4.69, 9.17) is 9.47 Å². The fraction of sp³-hybridized carbons (Fsp3) is 0.429. The molecule has 0 unspecified atom stereocenters. The predicted octanol–water partition coefficient (Wildman–Crippen LogP) is 2.08. The highest BCUT2D eigenvalue weighted by Gasteiger charge is 2.01. The SMILES string of the molecule is C=C(C)COCCNCc1ccc(OC)c(O)c1. The Labute approximate surface area is 108 Å². The summed E-state index contributed by atoms with van der Waals surface area (Å²) in [6.07, 6.45) is 0. The van der Waals surface area contributed by atoms with Crippen molar-refractivity contribution < 1.29 is 14.6 Å². The van der Waals surface area contributed by atoms with Crippen molar-refractivity contribution in [2.75, 3.05) is 26.9 Å². The maximum absolute atomic E-state index is 9.61. The minimum Gasteiger partial charge on any atom is -0.504 e. The van der Waals surface area contributed by atoms with Crippen molar-refractivity contribution in [2.45, 2.75) is 13.5 Å². The van der Waals surface area contributed by atoms with E-state index in [1.807, 2.05) is 13.0 Å². The number of phenols is 1. The molecule has 1 aromatic rings. The molecule has 4 nitrogen and oxygen atoms in total. The summed E-state index contributed by atoms with van der Waals surface area (Å²) in [5.74, 6) is 0.652. The molecule has 0 spiro atoms. The Hall–Kier alpha value is -1.52. The number of hydrogen-bond acceptors (Lipinski definition) is 4. The van der Waals surface area contributed by atoms with E-state index in [0.717, 1.165) is 17.7 Å². The van der Waals surface area contributed by atoms with Crippen LogP contribution >= 0.6 is 0 Å². The largest absolute Gasteiger partial charge is 0.504 e. The third-order valence-corrected chi connectivity index (χ3v) is 2.34. The van der Waals surface area contributed by atoms with Gasteiger partial charge in [-0.25, -0.2) is 0 Å². The number of aromatic hydroxyl groups is 1. The van der Waals surface area contributed by atoms with E-state index in [-0.39, 0.29) is 5.75 Å². The lowest BCUT2D eigenvalue weighted by Crippen LogP contribution is -2.19. The van der Waals surface area contributed by atoms with Crippen molar-refractivity contribution in [2.24, 2.45) is 0 Å². The topological polar surface area (TPSA) is 50.7 Å². The number of benzene rings is 1. The van der Waals surface area contributed by atoms with Gasteiger partial charge in [0.15, 0.2) is 11.5 Å². The zero-order valence-electron chi connectivity index (χ0n) is 11.0. The number of nitrogens with one attached hydrogen (secondary N) is 1. The zero-order valence-corrected chi connectivity index (χ0v) is 11.0. The summed E-state index contributed by atoms with van der Waals surface area (Å²) in [4.78, 5) is 0. The molecule has 1 aromatic carbocycles. The molecule has 0 atom stereocenters. The van der Waals surface area contributed by atoms with Crippen LogP contribution in [0.4, 0.5) is 0 Å². The van der Waals surface area contributed by atoms with Crippen LogP contribution in [-0.2, 0) is 11.3 Å². The van der Waals surface area contributed by atoms with Gasteiger partial charge in [-0.15, -0.1) is 0 Å². The number of phenolic OH excluding ortho intramolecular Hbond substituents is 1. The molecular weight excluding hydrogens is 230 g/mol. The second-order valence-electron chi connectivity index (χ2n) is 4.19. The summed E-state index contributed by atoms with van der Waals surface area (Å²) >= 11 is 0. The molecule has 0 heterocycles. The summed E-state index contributed by atoms with van der Waals surface area (Å²) in [5, 5.41) is 12.8. The van der Waals surface area contributed by atoms with E-state index in [0.29, 0.717) is 25.5 Å². The Morgan fingerprint density at radius 1 is 1.44 bits per heavy atom. The van der Waals surface area contributed by atoms with Crippen LogP contribution in [0, 0.1) is 0 Å². The summed E-state index contributed by atoms with van der Waals surface area (Å²) in [6, 6.07) is 5.37. The van der Waals surface area contributed by atoms with Crippen LogP contribution in [0.2, 0.25) is 0 Å². The van der Waals surface area contributed by atoms with Crippen LogP contribution in [-0.4, -0.2) is 32.0 Å². The molecule has 0 saturated carbocycles. The van der Waals surface area contributed by atoms with Crippen molar-refractivity contribution in [3.8, 4) is 11.5 Å². The Morgan fingerprint density at radius 2 is 2.22 bits per heavy atom. The summed E-state index contributed by atoms with van der Waals surface area (Å²) in [7, 11) is 1.53. The average molecular weight is 251 g/mol. The third-order valence-electron chi connectivity index (χ3n) is 2.34. The number of ether oxygens (including phenoxy) is 2. The van der Waals surface area contributed by atoms with Crippen molar-refractivity contribution in [1.82, 2.24) is 5.32 Å². The van der Waals surface area contributed by atoms with Crippen LogP contribution < -0.4 is 10.1 Å². The monoisotopic (exact) mass is 251 g/mol. The van der Waals surface area contributed by atoms with Crippen LogP contribution in [0.1, 0.15) is 12.5 Å². The first-order chi connectivity index (χ1) is 8.63. The maximum atomic E-state index is 9.61. The van der Waals surface area contributed by atoms with Gasteiger partial charge in [-0.2, -0.15) is 0 Å². The highest BCUT2D eigenvalue weighted by molar-refractivity contribution is 5.41. The van der Waals surface area contributed by atoms with Gasteiger partial charge in [-0.3, -0.25) is 0 Å². The van der Waals surface area contributed by atoms with Crippen LogP contribution in [0.15, 0.2) is 30.4 Å². The Kier molecular flexibility index (Phi) is 6.25. The van der Waals surface area contributed by atoms with E-state index < -0.39 is 0 Å². The number of methoxy groups -OCH3 is 1. The highest BCUT2D eigenvalue weighted by atomic mass is 16.5. The smallest absolute Gasteiger partial charge is 0.160 e. The summed E-state index contributed by atoms with van der Waals surface area (Å²) < 4.78 is 10.3. The lowest BCUT2D eigenvalue weighted by molar-refractivity contribution is 0.158. The van der Waals surface area contributed by atoms with Gasteiger partial charge in [0, 0.05) is 13.1 Å². The molecular formula is C14H21NO3. The molecule has 4 heteroatoms. The van der Waals surface area contributed by atoms with Gasteiger partial charge in [0.1, 0.15) is 0 Å². The molecule has 0 saturated heterocycles. The molecule has 0 aromatic heterocycles. The first-order valence-electron chi connectivity index (χ1n) is 5.92. The molecule has 0 radical (unpaired) electrons. The Bertz CT molecular complexity index is 391. The van der Waals surface area contributed by atoms with Gasteiger partial charge < -0.3 is 19.9 Å². The van der Waals surface area contributed by atoms with E-state index in [2.05, 4.69) is 11.9 Å². The van der Waals surface area contributed by atoms with Crippen molar-refractivity contribution in [1.29, 1.82) is 0 Å². The second-order valence-corrected chi connectivity index (χ2v) is 4.19. The van der Waals surface area contributed by atoms with Gasteiger partial charge in [0.25, 0.3) is 0 Å². The molecule has 0 aliphatic carbocycles. The van der Waals surface area contributed by atoms with Gasteiger partial charge in [-0.05, 0) is 24.6 Å². The minimum atomic E-state index is 0.162. The lowest BCUT2D eigenvalue weighted by atomic mass is 10.2. The van der Waals surface area contributed by atoms with E-state index >= 15 is 0 Å². The number of rotatable bonds is 8. The molecule has 100 valence electrons. The fourth-order valence-electron chi connectivity index (χ4n) is 1.47. The van der Waals surface area contributed by atoms with Crippen molar-refractivity contribution in [3.05, 3.63) is 35.9 Å². The Morgan fingerprint density at radius 3 is 2.83 bits per heavy atom. The highest BCUT2D eigenvalue weighted by Crippen LogP contribution is 2.25. The predicted molar refractivity (Wildman–Crippen MR) is 72.0 cm³/mol.